The molecule has 0 atom stereocenters. The highest BCUT2D eigenvalue weighted by molar-refractivity contribution is 6.03. The fourth-order valence-electron chi connectivity index (χ4n) is 2.81. The Bertz CT molecular complexity index is 765. The second-order valence-electron chi connectivity index (χ2n) is 7.68. The molecule has 1 aromatic heterocycles. The smallest absolute Gasteiger partial charge is 0.274 e. The standard InChI is InChI=1S/C21H30N4O/c1-7-8-13-25(6)19-14-18(22-15(2)23-19)20(26)24-17-12-10-9-11-16(17)21(3,4)5/h9-12,14H,7-8,13H2,1-6H3,(H,24,26). The van der Waals surface area contributed by atoms with Crippen LogP contribution in [0.15, 0.2) is 30.3 Å². The summed E-state index contributed by atoms with van der Waals surface area (Å²) >= 11 is 0. The highest BCUT2D eigenvalue weighted by Gasteiger charge is 2.20. The number of hydrogen-bond donors (Lipinski definition) is 1. The van der Waals surface area contributed by atoms with E-state index in [1.54, 1.807) is 6.07 Å². The molecule has 1 aromatic carbocycles. The van der Waals surface area contributed by atoms with Crippen molar-refractivity contribution < 1.29 is 4.79 Å². The number of unbranched alkanes of at least 4 members (excludes halogenated alkanes) is 1. The van der Waals surface area contributed by atoms with Gasteiger partial charge in [-0.3, -0.25) is 4.79 Å². The van der Waals surface area contributed by atoms with Crippen LogP contribution in [0.5, 0.6) is 0 Å². The van der Waals surface area contributed by atoms with E-state index in [1.807, 2.05) is 38.2 Å². The minimum atomic E-state index is -0.211. The van der Waals surface area contributed by atoms with Crippen LogP contribution >= 0.6 is 0 Å². The lowest BCUT2D eigenvalue weighted by atomic mass is 9.86. The van der Waals surface area contributed by atoms with Crippen molar-refractivity contribution in [2.45, 2.75) is 52.9 Å². The van der Waals surface area contributed by atoms with Crippen LogP contribution in [0.25, 0.3) is 0 Å². The van der Waals surface area contributed by atoms with Gasteiger partial charge in [-0.25, -0.2) is 9.97 Å². The third-order valence-electron chi connectivity index (χ3n) is 4.28. The van der Waals surface area contributed by atoms with Crippen LogP contribution in [0.2, 0.25) is 0 Å². The lowest BCUT2D eigenvalue weighted by Crippen LogP contribution is -2.23. The predicted octanol–water partition coefficient (Wildman–Crippen LogP) is 4.57. The maximum absolute atomic E-state index is 12.8. The van der Waals surface area contributed by atoms with E-state index >= 15 is 0 Å². The number of hydrogen-bond acceptors (Lipinski definition) is 4. The molecule has 0 spiro atoms. The largest absolute Gasteiger partial charge is 0.360 e. The predicted molar refractivity (Wildman–Crippen MR) is 108 cm³/mol. The van der Waals surface area contributed by atoms with Gasteiger partial charge in [-0.2, -0.15) is 0 Å². The van der Waals surface area contributed by atoms with Crippen molar-refractivity contribution in [3.05, 3.63) is 47.4 Å². The summed E-state index contributed by atoms with van der Waals surface area (Å²) in [4.78, 5) is 23.7. The molecule has 2 rings (SSSR count). The molecule has 0 bridgehead atoms. The van der Waals surface area contributed by atoms with Gasteiger partial charge in [-0.15, -0.1) is 0 Å². The third kappa shape index (κ3) is 5.04. The Labute approximate surface area is 156 Å². The highest BCUT2D eigenvalue weighted by Crippen LogP contribution is 2.29. The zero-order valence-electron chi connectivity index (χ0n) is 16.8. The molecule has 0 aliphatic heterocycles. The molecule has 0 radical (unpaired) electrons. The van der Waals surface area contributed by atoms with E-state index < -0.39 is 0 Å². The topological polar surface area (TPSA) is 58.1 Å². The number of para-hydroxylation sites is 1. The molecule has 26 heavy (non-hydrogen) atoms. The fourth-order valence-corrected chi connectivity index (χ4v) is 2.81. The van der Waals surface area contributed by atoms with Crippen LogP contribution in [0.3, 0.4) is 0 Å². The van der Waals surface area contributed by atoms with Crippen molar-refractivity contribution in [1.82, 2.24) is 9.97 Å². The first-order chi connectivity index (χ1) is 12.2. The molecule has 5 nitrogen and oxygen atoms in total. The molecule has 0 saturated carbocycles. The Morgan fingerprint density at radius 3 is 2.54 bits per heavy atom. The van der Waals surface area contributed by atoms with Crippen molar-refractivity contribution in [2.75, 3.05) is 23.8 Å². The molecule has 1 amide bonds. The van der Waals surface area contributed by atoms with Crippen LogP contribution in [0.1, 0.15) is 62.4 Å². The Balaban J connectivity index is 2.27. The first-order valence-electron chi connectivity index (χ1n) is 9.20. The van der Waals surface area contributed by atoms with Gasteiger partial charge < -0.3 is 10.2 Å². The summed E-state index contributed by atoms with van der Waals surface area (Å²) in [5.74, 6) is 1.16. The minimum Gasteiger partial charge on any atom is -0.360 e. The lowest BCUT2D eigenvalue weighted by Gasteiger charge is -2.23. The second kappa shape index (κ2) is 8.30. The molecule has 1 heterocycles. The zero-order valence-corrected chi connectivity index (χ0v) is 16.8. The summed E-state index contributed by atoms with van der Waals surface area (Å²) < 4.78 is 0. The molecule has 2 aromatic rings. The van der Waals surface area contributed by atoms with Gasteiger partial charge in [0.15, 0.2) is 0 Å². The SMILES string of the molecule is CCCCN(C)c1cc(C(=O)Nc2ccccc2C(C)(C)C)nc(C)n1. The summed E-state index contributed by atoms with van der Waals surface area (Å²) in [5, 5.41) is 3.02. The van der Waals surface area contributed by atoms with Gasteiger partial charge in [0.25, 0.3) is 5.91 Å². The van der Waals surface area contributed by atoms with E-state index in [1.165, 1.54) is 0 Å². The average Bonchev–Trinajstić information content (AvgIpc) is 2.58. The van der Waals surface area contributed by atoms with Gasteiger partial charge >= 0.3 is 0 Å². The van der Waals surface area contributed by atoms with Crippen molar-refractivity contribution in [3.63, 3.8) is 0 Å². The van der Waals surface area contributed by atoms with Gasteiger partial charge in [0, 0.05) is 25.3 Å². The number of aryl methyl sites for hydroxylation is 1. The molecule has 140 valence electrons. The monoisotopic (exact) mass is 354 g/mol. The van der Waals surface area contributed by atoms with Gasteiger partial charge in [0.05, 0.1) is 0 Å². The van der Waals surface area contributed by atoms with Gasteiger partial charge in [-0.1, -0.05) is 52.3 Å². The lowest BCUT2D eigenvalue weighted by molar-refractivity contribution is 0.102. The molecule has 5 heteroatoms. The number of nitrogens with zero attached hydrogens (tertiary/aromatic N) is 3. The fraction of sp³-hybridized carbons (Fsp3) is 0.476. The van der Waals surface area contributed by atoms with Crippen LogP contribution in [0.4, 0.5) is 11.5 Å². The summed E-state index contributed by atoms with van der Waals surface area (Å²) in [5.41, 5.74) is 2.25. The molecule has 0 unspecified atom stereocenters. The van der Waals surface area contributed by atoms with E-state index in [0.717, 1.165) is 36.5 Å². The number of carbonyl (C=O) groups excluding carboxylic acids is 1. The minimum absolute atomic E-state index is 0.0585. The number of nitrogens with one attached hydrogen (secondary N) is 1. The Kier molecular flexibility index (Phi) is 6.35. The normalized spacial score (nSPS) is 11.3. The van der Waals surface area contributed by atoms with E-state index in [-0.39, 0.29) is 11.3 Å². The number of anilines is 2. The summed E-state index contributed by atoms with van der Waals surface area (Å²) in [6.45, 7) is 11.3. The molecular weight excluding hydrogens is 324 g/mol. The molecule has 0 aliphatic carbocycles. The van der Waals surface area contributed by atoms with E-state index in [9.17, 15) is 4.79 Å². The van der Waals surface area contributed by atoms with Gasteiger partial charge in [0.2, 0.25) is 0 Å². The molecule has 0 saturated heterocycles. The van der Waals surface area contributed by atoms with Crippen molar-refractivity contribution >= 4 is 17.4 Å². The third-order valence-corrected chi connectivity index (χ3v) is 4.28. The van der Waals surface area contributed by atoms with Crippen LogP contribution in [-0.2, 0) is 5.41 Å². The van der Waals surface area contributed by atoms with Crippen molar-refractivity contribution in [1.29, 1.82) is 0 Å². The van der Waals surface area contributed by atoms with Gasteiger partial charge in [-0.05, 0) is 30.4 Å². The summed E-state index contributed by atoms with van der Waals surface area (Å²) in [6, 6.07) is 9.66. The summed E-state index contributed by atoms with van der Waals surface area (Å²) in [7, 11) is 1.99. The molecular formula is C21H30N4O. The average molecular weight is 354 g/mol. The maximum atomic E-state index is 12.8. The number of carbonyl (C=O) groups is 1. The first-order valence-corrected chi connectivity index (χ1v) is 9.20. The zero-order chi connectivity index (χ0) is 19.3. The first kappa shape index (κ1) is 19.9. The number of rotatable bonds is 6. The van der Waals surface area contributed by atoms with Crippen LogP contribution < -0.4 is 10.2 Å². The number of aromatic nitrogens is 2. The quantitative estimate of drug-likeness (QED) is 0.825. The second-order valence-corrected chi connectivity index (χ2v) is 7.68. The van der Waals surface area contributed by atoms with E-state index in [2.05, 4.69) is 47.9 Å². The van der Waals surface area contributed by atoms with E-state index in [4.69, 9.17) is 0 Å². The van der Waals surface area contributed by atoms with E-state index in [0.29, 0.717) is 11.5 Å². The van der Waals surface area contributed by atoms with Crippen molar-refractivity contribution in [2.24, 2.45) is 0 Å². The Morgan fingerprint density at radius 1 is 1.19 bits per heavy atom. The van der Waals surface area contributed by atoms with Crippen molar-refractivity contribution in [3.8, 4) is 0 Å². The molecule has 1 N–H and O–H groups in total. The molecule has 0 fully saturated rings. The van der Waals surface area contributed by atoms with Crippen LogP contribution in [0, 0.1) is 6.92 Å². The molecule has 0 aliphatic rings. The highest BCUT2D eigenvalue weighted by atomic mass is 16.1. The maximum Gasteiger partial charge on any atom is 0.274 e. The summed E-state index contributed by atoms with van der Waals surface area (Å²) in [6.07, 6.45) is 2.20. The Hall–Kier alpha value is -2.43. The number of benzene rings is 1. The Morgan fingerprint density at radius 2 is 1.88 bits per heavy atom. The number of amides is 1. The van der Waals surface area contributed by atoms with Gasteiger partial charge in [0.1, 0.15) is 17.3 Å². The van der Waals surface area contributed by atoms with Crippen LogP contribution in [-0.4, -0.2) is 29.5 Å².